The number of ether oxygens (including phenoxy) is 2. The van der Waals surface area contributed by atoms with E-state index in [1.807, 2.05) is 12.1 Å². The number of rotatable bonds is 6. The molecule has 0 unspecified atom stereocenters. The quantitative estimate of drug-likeness (QED) is 0.371. The molecule has 0 aliphatic heterocycles. The minimum Gasteiger partial charge on any atom is -0.439 e. The first kappa shape index (κ1) is 18.4. The largest absolute Gasteiger partial charge is 0.439 e. The van der Waals surface area contributed by atoms with Crippen LogP contribution in [0, 0.1) is 0 Å². The van der Waals surface area contributed by atoms with Crippen molar-refractivity contribution in [2.45, 2.75) is 13.0 Å². The summed E-state index contributed by atoms with van der Waals surface area (Å²) in [5, 5.41) is 0.520. The van der Waals surface area contributed by atoms with Gasteiger partial charge in [-0.2, -0.15) is 0 Å². The molecule has 4 aromatic rings. The zero-order chi connectivity index (χ0) is 20.1. The molecule has 0 aliphatic carbocycles. The Labute approximate surface area is 166 Å². The van der Waals surface area contributed by atoms with Gasteiger partial charge in [0.25, 0.3) is 5.56 Å². The number of para-hydroxylation sites is 1. The molecule has 4 rings (SSSR count). The lowest BCUT2D eigenvalue weighted by molar-refractivity contribution is -0.134. The van der Waals surface area contributed by atoms with Gasteiger partial charge in [-0.05, 0) is 42.5 Å². The van der Waals surface area contributed by atoms with Gasteiger partial charge < -0.3 is 9.47 Å². The average Bonchev–Trinajstić information content (AvgIpc) is 2.76. The van der Waals surface area contributed by atoms with E-state index in [0.717, 1.165) is 0 Å². The van der Waals surface area contributed by atoms with E-state index in [1.165, 1.54) is 10.9 Å². The van der Waals surface area contributed by atoms with Crippen molar-refractivity contribution >= 4 is 16.9 Å². The summed E-state index contributed by atoms with van der Waals surface area (Å²) in [4.78, 5) is 32.9. The highest BCUT2D eigenvalue weighted by molar-refractivity contribution is 5.77. The van der Waals surface area contributed by atoms with Crippen molar-refractivity contribution in [1.29, 1.82) is 0 Å². The third-order valence-corrected chi connectivity index (χ3v) is 4.20. The summed E-state index contributed by atoms with van der Waals surface area (Å²) < 4.78 is 12.3. The zero-order valence-corrected chi connectivity index (χ0v) is 15.4. The number of carbonyl (C=O) groups excluding carboxylic acids is 1. The van der Waals surface area contributed by atoms with Crippen molar-refractivity contribution in [1.82, 2.24) is 14.5 Å². The first-order valence-electron chi connectivity index (χ1n) is 9.03. The Hall–Kier alpha value is -4.00. The summed E-state index contributed by atoms with van der Waals surface area (Å²) in [6.45, 7) is 0.191. The second-order valence-corrected chi connectivity index (χ2v) is 6.23. The Morgan fingerprint density at radius 1 is 0.897 bits per heavy atom. The van der Waals surface area contributed by atoms with Gasteiger partial charge in [0.15, 0.2) is 0 Å². The van der Waals surface area contributed by atoms with E-state index < -0.39 is 5.97 Å². The molecule has 0 bridgehead atoms. The number of nitrogens with zero attached hydrogens (tertiary/aromatic N) is 3. The van der Waals surface area contributed by atoms with Gasteiger partial charge in [-0.1, -0.05) is 18.2 Å². The fourth-order valence-corrected chi connectivity index (χ4v) is 2.76. The van der Waals surface area contributed by atoms with E-state index in [4.69, 9.17) is 9.47 Å². The molecule has 2 aromatic carbocycles. The van der Waals surface area contributed by atoms with Crippen LogP contribution in [0.3, 0.4) is 0 Å². The first-order valence-corrected chi connectivity index (χ1v) is 9.03. The van der Waals surface area contributed by atoms with Crippen LogP contribution < -0.4 is 15.0 Å². The van der Waals surface area contributed by atoms with E-state index >= 15 is 0 Å². The molecule has 0 saturated heterocycles. The lowest BCUT2D eigenvalue weighted by Crippen LogP contribution is -2.23. The summed E-state index contributed by atoms with van der Waals surface area (Å²) >= 11 is 0. The second-order valence-electron chi connectivity index (χ2n) is 6.23. The maximum atomic E-state index is 12.4. The van der Waals surface area contributed by atoms with Crippen LogP contribution >= 0.6 is 0 Å². The van der Waals surface area contributed by atoms with Gasteiger partial charge in [0, 0.05) is 18.8 Å². The monoisotopic (exact) mass is 387 g/mol. The van der Waals surface area contributed by atoms with Crippen LogP contribution in [0.2, 0.25) is 0 Å². The molecule has 2 aromatic heterocycles. The van der Waals surface area contributed by atoms with Crippen molar-refractivity contribution in [3.63, 3.8) is 0 Å². The lowest BCUT2D eigenvalue weighted by atomic mass is 10.2. The minimum absolute atomic E-state index is 0.0477. The summed E-state index contributed by atoms with van der Waals surface area (Å²) in [6, 6.07) is 19.1. The molecule has 7 heteroatoms. The van der Waals surface area contributed by atoms with E-state index in [9.17, 15) is 9.59 Å². The fourth-order valence-electron chi connectivity index (χ4n) is 2.76. The number of hydrogen-bond acceptors (Lipinski definition) is 6. The normalized spacial score (nSPS) is 10.6. The molecular formula is C22H17N3O4. The number of pyridine rings is 1. The molecule has 0 saturated carbocycles. The van der Waals surface area contributed by atoms with Crippen molar-refractivity contribution in [3.05, 3.63) is 89.6 Å². The van der Waals surface area contributed by atoms with Crippen molar-refractivity contribution in [2.75, 3.05) is 0 Å². The Balaban J connectivity index is 1.35. The van der Waals surface area contributed by atoms with Crippen molar-refractivity contribution in [3.8, 4) is 17.4 Å². The molecule has 2 heterocycles. The van der Waals surface area contributed by atoms with Crippen LogP contribution in [0.15, 0.2) is 84.0 Å². The molecule has 7 nitrogen and oxygen atoms in total. The van der Waals surface area contributed by atoms with Gasteiger partial charge in [0.05, 0.1) is 23.7 Å². The van der Waals surface area contributed by atoms with E-state index in [-0.39, 0.29) is 18.5 Å². The summed E-state index contributed by atoms with van der Waals surface area (Å²) in [7, 11) is 0. The van der Waals surface area contributed by atoms with Gasteiger partial charge in [-0.3, -0.25) is 14.2 Å². The van der Waals surface area contributed by atoms with Crippen molar-refractivity contribution < 1.29 is 14.3 Å². The molecule has 0 spiro atoms. The van der Waals surface area contributed by atoms with E-state index in [1.54, 1.807) is 60.8 Å². The molecule has 144 valence electrons. The van der Waals surface area contributed by atoms with Gasteiger partial charge in [0.2, 0.25) is 5.88 Å². The smallest absolute Gasteiger partial charge is 0.312 e. The van der Waals surface area contributed by atoms with Crippen molar-refractivity contribution in [2.24, 2.45) is 0 Å². The Morgan fingerprint density at radius 3 is 2.45 bits per heavy atom. The Kier molecular flexibility index (Phi) is 5.29. The molecule has 29 heavy (non-hydrogen) atoms. The molecule has 0 fully saturated rings. The molecular weight excluding hydrogens is 370 g/mol. The molecule has 0 radical (unpaired) electrons. The van der Waals surface area contributed by atoms with Crippen LogP contribution in [-0.2, 0) is 11.3 Å². The molecule has 0 N–H and O–H groups in total. The summed E-state index contributed by atoms with van der Waals surface area (Å²) in [5.41, 5.74) is 0.448. The fraction of sp³-hybridized carbons (Fsp3) is 0.0909. The predicted octanol–water partition coefficient (Wildman–Crippen LogP) is 3.58. The summed E-state index contributed by atoms with van der Waals surface area (Å²) in [6.07, 6.45) is 3.13. The van der Waals surface area contributed by atoms with E-state index in [0.29, 0.717) is 28.3 Å². The van der Waals surface area contributed by atoms with Crippen LogP contribution in [0.4, 0.5) is 0 Å². The molecule has 0 amide bonds. The number of aryl methyl sites for hydroxylation is 1. The van der Waals surface area contributed by atoms with Gasteiger partial charge in [-0.25, -0.2) is 9.97 Å². The highest BCUT2D eigenvalue weighted by Crippen LogP contribution is 2.22. The minimum atomic E-state index is -0.441. The van der Waals surface area contributed by atoms with Crippen LogP contribution in [0.25, 0.3) is 10.9 Å². The number of hydrogen-bond donors (Lipinski definition) is 0. The third kappa shape index (κ3) is 4.47. The Bertz CT molecular complexity index is 1190. The van der Waals surface area contributed by atoms with Crippen LogP contribution in [0.5, 0.6) is 17.4 Å². The Morgan fingerprint density at radius 2 is 1.66 bits per heavy atom. The predicted molar refractivity (Wildman–Crippen MR) is 107 cm³/mol. The van der Waals surface area contributed by atoms with Crippen LogP contribution in [-0.4, -0.2) is 20.5 Å². The molecule has 0 atom stereocenters. The maximum Gasteiger partial charge on any atom is 0.312 e. The van der Waals surface area contributed by atoms with Crippen LogP contribution in [0.1, 0.15) is 6.42 Å². The standard InChI is InChI=1S/C22H17N3O4/c26-21(12-14-25-15-24-19-6-2-1-5-18(19)22(25)27)29-17-10-8-16(9-11-17)28-20-7-3-4-13-23-20/h1-11,13,15H,12,14H2. The van der Waals surface area contributed by atoms with E-state index in [2.05, 4.69) is 9.97 Å². The highest BCUT2D eigenvalue weighted by atomic mass is 16.5. The summed E-state index contributed by atoms with van der Waals surface area (Å²) in [5.74, 6) is 1.01. The zero-order valence-electron chi connectivity index (χ0n) is 15.4. The third-order valence-electron chi connectivity index (χ3n) is 4.20. The maximum absolute atomic E-state index is 12.4. The second kappa shape index (κ2) is 8.35. The number of esters is 1. The van der Waals surface area contributed by atoms with Gasteiger partial charge in [0.1, 0.15) is 11.5 Å². The molecule has 0 aliphatic rings. The number of benzene rings is 2. The van der Waals surface area contributed by atoms with Gasteiger partial charge >= 0.3 is 5.97 Å². The number of fused-ring (bicyclic) bond motifs is 1. The first-order chi connectivity index (χ1) is 14.2. The SMILES string of the molecule is O=C(CCn1cnc2ccccc2c1=O)Oc1ccc(Oc2ccccn2)cc1. The highest BCUT2D eigenvalue weighted by Gasteiger charge is 2.09. The average molecular weight is 387 g/mol. The number of carbonyl (C=O) groups is 1. The van der Waals surface area contributed by atoms with Gasteiger partial charge in [-0.15, -0.1) is 0 Å². The lowest BCUT2D eigenvalue weighted by Gasteiger charge is -2.08. The number of aromatic nitrogens is 3. The topological polar surface area (TPSA) is 83.3 Å².